The Kier molecular flexibility index (Phi) is 8.97. The minimum absolute atomic E-state index is 0.170. The average Bonchev–Trinajstić information content (AvgIpc) is 3.20. The quantitative estimate of drug-likeness (QED) is 0.276. The van der Waals surface area contributed by atoms with Gasteiger partial charge in [0.1, 0.15) is 6.04 Å². The van der Waals surface area contributed by atoms with Gasteiger partial charge in [-0.25, -0.2) is 4.79 Å². The van der Waals surface area contributed by atoms with Gasteiger partial charge in [0.05, 0.1) is 12.2 Å². The van der Waals surface area contributed by atoms with Crippen LogP contribution in [0.15, 0.2) is 0 Å². The van der Waals surface area contributed by atoms with Gasteiger partial charge in [-0.05, 0) is 130 Å². The van der Waals surface area contributed by atoms with Crippen LogP contribution in [0, 0.1) is 46.3 Å². The van der Waals surface area contributed by atoms with E-state index in [1.807, 2.05) is 0 Å². The van der Waals surface area contributed by atoms with Crippen molar-refractivity contribution in [2.75, 3.05) is 6.54 Å². The van der Waals surface area contributed by atoms with Crippen LogP contribution >= 0.6 is 0 Å². The first-order chi connectivity index (χ1) is 17.5. The second-order valence-electron chi connectivity index (χ2n) is 13.7. The van der Waals surface area contributed by atoms with E-state index in [0.29, 0.717) is 61.3 Å². The third kappa shape index (κ3) is 5.60. The van der Waals surface area contributed by atoms with Crippen LogP contribution in [0.1, 0.15) is 104 Å². The Morgan fingerprint density at radius 3 is 2.38 bits per heavy atom. The third-order valence-electron chi connectivity index (χ3n) is 11.8. The third-order valence-corrected chi connectivity index (χ3v) is 11.8. The normalized spacial score (nSPS) is 42.7. The summed E-state index contributed by atoms with van der Waals surface area (Å²) in [6.07, 6.45) is 10.8. The number of aliphatic carboxylic acids is 1. The molecule has 4 aliphatic rings. The first-order valence-electron chi connectivity index (χ1n) is 15.1. The largest absolute Gasteiger partial charge is 0.480 e. The highest BCUT2D eigenvalue weighted by atomic mass is 16.4. The number of carbonyl (C=O) groups is 2. The van der Waals surface area contributed by atoms with Crippen molar-refractivity contribution in [1.29, 1.82) is 0 Å². The SMILES string of the molecule is CC(CCC(=O)NC(CCCCN)C(=O)O)C1CCC2C3C(O)CC4CC(O)CCC4(C)C3CCC12C. The number of carbonyl (C=O) groups excluding carboxylic acids is 1. The maximum atomic E-state index is 12.6. The highest BCUT2D eigenvalue weighted by molar-refractivity contribution is 5.83. The van der Waals surface area contributed by atoms with Gasteiger partial charge in [-0.2, -0.15) is 0 Å². The van der Waals surface area contributed by atoms with Crippen molar-refractivity contribution in [3.63, 3.8) is 0 Å². The summed E-state index contributed by atoms with van der Waals surface area (Å²) >= 11 is 0. The molecule has 4 fully saturated rings. The standard InChI is InChI=1S/C30H52N2O5/c1-18(7-10-26(35)32-24(28(36)37)6-4-5-15-31)21-8-9-22-27-23(12-14-30(21,22)3)29(2)13-11-20(33)16-19(29)17-25(27)34/h18-25,27,33-34H,4-17,31H2,1-3H3,(H,32,35)(H,36,37). The van der Waals surface area contributed by atoms with E-state index < -0.39 is 12.0 Å². The minimum atomic E-state index is -0.976. The predicted molar refractivity (Wildman–Crippen MR) is 143 cm³/mol. The number of fused-ring (bicyclic) bond motifs is 5. The van der Waals surface area contributed by atoms with Gasteiger partial charge in [0.25, 0.3) is 0 Å². The molecule has 6 N–H and O–H groups in total. The fourth-order valence-electron chi connectivity index (χ4n) is 9.75. The van der Waals surface area contributed by atoms with Gasteiger partial charge in [-0.3, -0.25) is 4.79 Å². The van der Waals surface area contributed by atoms with Crippen molar-refractivity contribution < 1.29 is 24.9 Å². The molecule has 0 bridgehead atoms. The van der Waals surface area contributed by atoms with Gasteiger partial charge in [0.15, 0.2) is 0 Å². The molecule has 212 valence electrons. The van der Waals surface area contributed by atoms with Crippen LogP contribution in [0.25, 0.3) is 0 Å². The summed E-state index contributed by atoms with van der Waals surface area (Å²) in [5.74, 6) is 1.60. The molecule has 37 heavy (non-hydrogen) atoms. The van der Waals surface area contributed by atoms with Crippen molar-refractivity contribution in [2.24, 2.45) is 52.1 Å². The van der Waals surface area contributed by atoms with E-state index in [4.69, 9.17) is 5.73 Å². The van der Waals surface area contributed by atoms with Crippen molar-refractivity contribution in [3.8, 4) is 0 Å². The van der Waals surface area contributed by atoms with Gasteiger partial charge >= 0.3 is 5.97 Å². The molecule has 11 atom stereocenters. The summed E-state index contributed by atoms with van der Waals surface area (Å²) in [4.78, 5) is 24.2. The molecule has 7 heteroatoms. The Bertz CT molecular complexity index is 822. The molecule has 0 aromatic rings. The summed E-state index contributed by atoms with van der Waals surface area (Å²) < 4.78 is 0. The van der Waals surface area contributed by atoms with Gasteiger partial charge < -0.3 is 26.4 Å². The van der Waals surface area contributed by atoms with E-state index >= 15 is 0 Å². The lowest BCUT2D eigenvalue weighted by Crippen LogP contribution is -2.58. The molecule has 7 nitrogen and oxygen atoms in total. The number of hydrogen-bond donors (Lipinski definition) is 5. The molecule has 0 aromatic carbocycles. The Morgan fingerprint density at radius 1 is 0.973 bits per heavy atom. The van der Waals surface area contributed by atoms with Gasteiger partial charge in [0, 0.05) is 6.42 Å². The maximum absolute atomic E-state index is 12.6. The Morgan fingerprint density at radius 2 is 1.68 bits per heavy atom. The van der Waals surface area contributed by atoms with E-state index in [1.165, 1.54) is 6.42 Å². The number of amides is 1. The first kappa shape index (κ1) is 28.8. The predicted octanol–water partition coefficient (Wildman–Crippen LogP) is 4.09. The lowest BCUT2D eigenvalue weighted by molar-refractivity contribution is -0.174. The van der Waals surface area contributed by atoms with E-state index in [1.54, 1.807) is 0 Å². The van der Waals surface area contributed by atoms with Crippen LogP contribution in [-0.4, -0.2) is 52.0 Å². The zero-order chi connectivity index (χ0) is 27.0. The summed E-state index contributed by atoms with van der Waals surface area (Å²) in [6, 6.07) is -0.836. The Hall–Kier alpha value is -1.18. The molecule has 0 spiro atoms. The van der Waals surface area contributed by atoms with Crippen LogP contribution in [-0.2, 0) is 9.59 Å². The maximum Gasteiger partial charge on any atom is 0.326 e. The summed E-state index contributed by atoms with van der Waals surface area (Å²) in [7, 11) is 0. The molecule has 0 heterocycles. The number of carboxylic acids is 1. The molecular formula is C30H52N2O5. The lowest BCUT2D eigenvalue weighted by atomic mass is 9.43. The number of nitrogens with one attached hydrogen (secondary N) is 1. The summed E-state index contributed by atoms with van der Waals surface area (Å²) in [5.41, 5.74) is 5.93. The number of nitrogens with two attached hydrogens (primary N) is 1. The van der Waals surface area contributed by atoms with Crippen LogP contribution < -0.4 is 11.1 Å². The molecule has 4 aliphatic carbocycles. The fraction of sp³-hybridized carbons (Fsp3) is 0.933. The van der Waals surface area contributed by atoms with E-state index in [9.17, 15) is 24.9 Å². The molecule has 0 aliphatic heterocycles. The molecular weight excluding hydrogens is 468 g/mol. The van der Waals surface area contributed by atoms with Crippen molar-refractivity contribution >= 4 is 11.9 Å². The second-order valence-corrected chi connectivity index (χ2v) is 13.7. The minimum Gasteiger partial charge on any atom is -0.480 e. The van der Waals surface area contributed by atoms with Gasteiger partial charge in [0.2, 0.25) is 5.91 Å². The van der Waals surface area contributed by atoms with E-state index in [-0.39, 0.29) is 28.9 Å². The fourth-order valence-corrected chi connectivity index (χ4v) is 9.75. The van der Waals surface area contributed by atoms with E-state index in [2.05, 4.69) is 26.1 Å². The molecule has 1 amide bonds. The molecule has 0 saturated heterocycles. The number of hydrogen-bond acceptors (Lipinski definition) is 5. The smallest absolute Gasteiger partial charge is 0.326 e. The first-order valence-corrected chi connectivity index (χ1v) is 15.1. The van der Waals surface area contributed by atoms with Crippen molar-refractivity contribution in [3.05, 3.63) is 0 Å². The van der Waals surface area contributed by atoms with Crippen LogP contribution in [0.2, 0.25) is 0 Å². The Labute approximate surface area is 223 Å². The number of aliphatic hydroxyl groups is 2. The Balaban J connectivity index is 1.37. The number of unbranched alkanes of at least 4 members (excludes halogenated alkanes) is 1. The number of rotatable bonds is 10. The monoisotopic (exact) mass is 520 g/mol. The average molecular weight is 521 g/mol. The number of aliphatic hydroxyl groups excluding tert-OH is 2. The van der Waals surface area contributed by atoms with Gasteiger partial charge in [-0.15, -0.1) is 0 Å². The van der Waals surface area contributed by atoms with Crippen LogP contribution in [0.5, 0.6) is 0 Å². The second kappa shape index (κ2) is 11.5. The highest BCUT2D eigenvalue weighted by Gasteiger charge is 2.62. The summed E-state index contributed by atoms with van der Waals surface area (Å²) in [5, 5.41) is 33.9. The zero-order valence-corrected chi connectivity index (χ0v) is 23.3. The van der Waals surface area contributed by atoms with E-state index in [0.717, 1.165) is 57.8 Å². The zero-order valence-electron chi connectivity index (χ0n) is 23.3. The van der Waals surface area contributed by atoms with Crippen molar-refractivity contribution in [2.45, 2.75) is 122 Å². The summed E-state index contributed by atoms with van der Waals surface area (Å²) in [6.45, 7) is 7.70. The number of carboxylic acid groups (broad SMARTS) is 1. The molecule has 4 rings (SSSR count). The molecule has 4 saturated carbocycles. The molecule has 11 unspecified atom stereocenters. The van der Waals surface area contributed by atoms with Crippen LogP contribution in [0.3, 0.4) is 0 Å². The van der Waals surface area contributed by atoms with Crippen molar-refractivity contribution in [1.82, 2.24) is 5.32 Å². The molecule has 0 radical (unpaired) electrons. The topological polar surface area (TPSA) is 133 Å². The molecule has 0 aromatic heterocycles. The lowest BCUT2D eigenvalue weighted by Gasteiger charge is -2.62. The van der Waals surface area contributed by atoms with Crippen LogP contribution in [0.4, 0.5) is 0 Å². The van der Waals surface area contributed by atoms with Gasteiger partial charge in [-0.1, -0.05) is 20.8 Å². The highest BCUT2D eigenvalue weighted by Crippen LogP contribution is 2.68.